The van der Waals surface area contributed by atoms with Crippen LogP contribution in [0.3, 0.4) is 0 Å². The second-order valence-electron chi connectivity index (χ2n) is 4.89. The Hall–Kier alpha value is -0.820. The minimum atomic E-state index is 0.656. The van der Waals surface area contributed by atoms with Crippen LogP contribution < -0.4 is 5.32 Å². The van der Waals surface area contributed by atoms with Crippen molar-refractivity contribution in [2.75, 3.05) is 13.1 Å². The van der Waals surface area contributed by atoms with Crippen LogP contribution in [0.15, 0.2) is 30.3 Å². The lowest BCUT2D eigenvalue weighted by molar-refractivity contribution is 0.404. The van der Waals surface area contributed by atoms with Gasteiger partial charge in [0.25, 0.3) is 0 Å². The Morgan fingerprint density at radius 3 is 2.88 bits per heavy atom. The standard InChI is InChI=1S/C15H22N/c1-13(15-7-3-2-4-8-15)9-10-14-6-5-11-16-12-14/h2-4,7-8,10,13-14,16H,5-6,9,11-12H2,1H3. The Morgan fingerprint density at radius 2 is 2.19 bits per heavy atom. The summed E-state index contributed by atoms with van der Waals surface area (Å²) in [7, 11) is 0. The summed E-state index contributed by atoms with van der Waals surface area (Å²) in [6.07, 6.45) is 6.43. The van der Waals surface area contributed by atoms with Crippen molar-refractivity contribution in [2.45, 2.75) is 32.1 Å². The number of piperidine rings is 1. The van der Waals surface area contributed by atoms with Crippen LogP contribution in [0, 0.1) is 12.3 Å². The van der Waals surface area contributed by atoms with Crippen LogP contribution in [0.4, 0.5) is 0 Å². The van der Waals surface area contributed by atoms with E-state index in [1.807, 2.05) is 0 Å². The van der Waals surface area contributed by atoms with Gasteiger partial charge in [0.1, 0.15) is 0 Å². The second kappa shape index (κ2) is 6.05. The molecule has 0 saturated carbocycles. The summed E-state index contributed by atoms with van der Waals surface area (Å²) in [5.74, 6) is 1.45. The van der Waals surface area contributed by atoms with Gasteiger partial charge in [0.2, 0.25) is 0 Å². The highest BCUT2D eigenvalue weighted by Crippen LogP contribution is 2.24. The molecule has 1 fully saturated rings. The normalized spacial score (nSPS) is 22.9. The van der Waals surface area contributed by atoms with Gasteiger partial charge >= 0.3 is 0 Å². The number of nitrogens with one attached hydrogen (secondary N) is 1. The molecule has 0 aliphatic carbocycles. The Kier molecular flexibility index (Phi) is 4.41. The van der Waals surface area contributed by atoms with Gasteiger partial charge in [-0.05, 0) is 56.2 Å². The van der Waals surface area contributed by atoms with E-state index in [0.29, 0.717) is 5.92 Å². The van der Waals surface area contributed by atoms with Crippen molar-refractivity contribution in [3.05, 3.63) is 42.3 Å². The molecule has 2 rings (SSSR count). The van der Waals surface area contributed by atoms with E-state index < -0.39 is 0 Å². The van der Waals surface area contributed by atoms with E-state index in [4.69, 9.17) is 0 Å². The summed E-state index contributed by atoms with van der Waals surface area (Å²) >= 11 is 0. The fourth-order valence-electron chi connectivity index (χ4n) is 2.39. The predicted octanol–water partition coefficient (Wildman–Crippen LogP) is 3.38. The molecule has 1 nitrogen and oxygen atoms in total. The fraction of sp³-hybridized carbons (Fsp3) is 0.533. The van der Waals surface area contributed by atoms with Crippen LogP contribution in [0.1, 0.15) is 37.7 Å². The SMILES string of the molecule is CC(C[CH]C1CCCNC1)c1ccccc1. The van der Waals surface area contributed by atoms with Gasteiger partial charge in [-0.25, -0.2) is 0 Å². The van der Waals surface area contributed by atoms with Crippen LogP contribution in [0.2, 0.25) is 0 Å². The average Bonchev–Trinajstić information content (AvgIpc) is 2.38. The van der Waals surface area contributed by atoms with E-state index in [0.717, 1.165) is 5.92 Å². The lowest BCUT2D eigenvalue weighted by Crippen LogP contribution is -2.30. The molecule has 1 aliphatic heterocycles. The Balaban J connectivity index is 1.77. The van der Waals surface area contributed by atoms with E-state index in [9.17, 15) is 0 Å². The minimum Gasteiger partial charge on any atom is -0.316 e. The van der Waals surface area contributed by atoms with Crippen LogP contribution in [-0.2, 0) is 0 Å². The summed E-state index contributed by atoms with van der Waals surface area (Å²) in [6, 6.07) is 10.8. The highest BCUT2D eigenvalue weighted by Gasteiger charge is 2.14. The fourth-order valence-corrected chi connectivity index (χ4v) is 2.39. The topological polar surface area (TPSA) is 12.0 Å². The van der Waals surface area contributed by atoms with Gasteiger partial charge < -0.3 is 5.32 Å². The van der Waals surface area contributed by atoms with Crippen molar-refractivity contribution in [1.29, 1.82) is 0 Å². The minimum absolute atomic E-state index is 0.656. The highest BCUT2D eigenvalue weighted by molar-refractivity contribution is 5.19. The van der Waals surface area contributed by atoms with Crippen molar-refractivity contribution >= 4 is 0 Å². The van der Waals surface area contributed by atoms with Crippen LogP contribution in [0.5, 0.6) is 0 Å². The summed E-state index contributed by atoms with van der Waals surface area (Å²) in [4.78, 5) is 0. The van der Waals surface area contributed by atoms with E-state index in [1.165, 1.54) is 37.9 Å². The summed E-state index contributed by atoms with van der Waals surface area (Å²) in [5.41, 5.74) is 1.46. The van der Waals surface area contributed by atoms with Crippen molar-refractivity contribution in [2.24, 2.45) is 5.92 Å². The monoisotopic (exact) mass is 216 g/mol. The maximum atomic E-state index is 3.47. The highest BCUT2D eigenvalue weighted by atomic mass is 14.9. The zero-order valence-electron chi connectivity index (χ0n) is 10.2. The third-order valence-electron chi connectivity index (χ3n) is 3.53. The summed E-state index contributed by atoms with van der Waals surface area (Å²) in [5, 5.41) is 3.47. The first kappa shape index (κ1) is 11.7. The molecule has 1 radical (unpaired) electrons. The maximum Gasteiger partial charge on any atom is -0.00178 e. The molecule has 0 spiro atoms. The molecule has 1 aromatic carbocycles. The van der Waals surface area contributed by atoms with Crippen molar-refractivity contribution in [3.63, 3.8) is 0 Å². The zero-order valence-corrected chi connectivity index (χ0v) is 10.2. The second-order valence-corrected chi connectivity index (χ2v) is 4.89. The van der Waals surface area contributed by atoms with E-state index in [2.05, 4.69) is 49.0 Å². The molecule has 87 valence electrons. The number of benzene rings is 1. The van der Waals surface area contributed by atoms with Gasteiger partial charge in [-0.3, -0.25) is 0 Å². The molecule has 1 aromatic rings. The molecular weight excluding hydrogens is 194 g/mol. The molecule has 1 heterocycles. The summed E-state index contributed by atoms with van der Waals surface area (Å²) in [6.45, 7) is 4.71. The first-order valence-corrected chi connectivity index (χ1v) is 6.45. The lowest BCUT2D eigenvalue weighted by Gasteiger charge is -2.23. The van der Waals surface area contributed by atoms with Crippen molar-refractivity contribution in [1.82, 2.24) is 5.32 Å². The molecule has 1 saturated heterocycles. The molecule has 2 atom stereocenters. The molecule has 1 N–H and O–H groups in total. The Labute approximate surface area is 99.3 Å². The Bertz CT molecular complexity index is 288. The smallest absolute Gasteiger partial charge is 0.00178 e. The van der Waals surface area contributed by atoms with Crippen molar-refractivity contribution in [3.8, 4) is 0 Å². The van der Waals surface area contributed by atoms with Gasteiger partial charge in [0.15, 0.2) is 0 Å². The predicted molar refractivity (Wildman–Crippen MR) is 69.4 cm³/mol. The quantitative estimate of drug-likeness (QED) is 0.813. The zero-order chi connectivity index (χ0) is 11.2. The number of hydrogen-bond acceptors (Lipinski definition) is 1. The molecule has 2 unspecified atom stereocenters. The van der Waals surface area contributed by atoms with Crippen LogP contribution in [-0.4, -0.2) is 13.1 Å². The first-order valence-electron chi connectivity index (χ1n) is 6.45. The van der Waals surface area contributed by atoms with E-state index in [1.54, 1.807) is 0 Å². The molecule has 1 aliphatic rings. The third kappa shape index (κ3) is 3.34. The van der Waals surface area contributed by atoms with Crippen LogP contribution in [0.25, 0.3) is 0 Å². The van der Waals surface area contributed by atoms with Crippen molar-refractivity contribution < 1.29 is 0 Å². The molecular formula is C15H22N. The van der Waals surface area contributed by atoms with E-state index in [-0.39, 0.29) is 0 Å². The third-order valence-corrected chi connectivity index (χ3v) is 3.53. The lowest BCUT2D eigenvalue weighted by atomic mass is 9.88. The van der Waals surface area contributed by atoms with E-state index >= 15 is 0 Å². The van der Waals surface area contributed by atoms with Gasteiger partial charge in [-0.2, -0.15) is 0 Å². The van der Waals surface area contributed by atoms with Crippen LogP contribution >= 0.6 is 0 Å². The van der Waals surface area contributed by atoms with Gasteiger partial charge in [0, 0.05) is 0 Å². The van der Waals surface area contributed by atoms with Gasteiger partial charge in [-0.1, -0.05) is 37.3 Å². The maximum absolute atomic E-state index is 3.47. The number of hydrogen-bond donors (Lipinski definition) is 1. The average molecular weight is 216 g/mol. The summed E-state index contributed by atoms with van der Waals surface area (Å²) < 4.78 is 0. The Morgan fingerprint density at radius 1 is 1.38 bits per heavy atom. The largest absolute Gasteiger partial charge is 0.316 e. The number of rotatable bonds is 4. The molecule has 0 amide bonds. The molecule has 16 heavy (non-hydrogen) atoms. The first-order chi connectivity index (χ1) is 7.86. The molecule has 0 bridgehead atoms. The molecule has 0 aromatic heterocycles. The molecule has 1 heteroatoms. The van der Waals surface area contributed by atoms with Gasteiger partial charge in [-0.15, -0.1) is 0 Å². The van der Waals surface area contributed by atoms with Gasteiger partial charge in [0.05, 0.1) is 0 Å².